The number of ketones is 1. The molecule has 3 aromatic carbocycles. The largest absolute Gasteiger partial charge is 0.493 e. The summed E-state index contributed by atoms with van der Waals surface area (Å²) < 4.78 is 16.0. The SMILES string of the molecule is COc1cccc(/C=C/C(=O)c2ccc(NC(=O)/C(=C/c3ccco3)NC(=O)c3ccccc3)cc2)c1OC. The molecule has 8 heteroatoms. The number of methoxy groups -OCH3 is 2. The highest BCUT2D eigenvalue weighted by molar-refractivity contribution is 6.11. The number of hydrogen-bond donors (Lipinski definition) is 2. The summed E-state index contributed by atoms with van der Waals surface area (Å²) in [5.74, 6) is 0.261. The van der Waals surface area contributed by atoms with Crippen molar-refractivity contribution in [3.05, 3.63) is 125 Å². The molecule has 4 rings (SSSR count). The Balaban J connectivity index is 1.46. The van der Waals surface area contributed by atoms with Gasteiger partial charge in [-0.2, -0.15) is 0 Å². The molecule has 8 nitrogen and oxygen atoms in total. The third-order valence-electron chi connectivity index (χ3n) is 5.63. The molecule has 0 aliphatic heterocycles. The summed E-state index contributed by atoms with van der Waals surface area (Å²) in [6.45, 7) is 0. The number of carbonyl (C=O) groups is 3. The second kappa shape index (κ2) is 12.7. The molecule has 0 bridgehead atoms. The fourth-order valence-corrected chi connectivity index (χ4v) is 3.68. The van der Waals surface area contributed by atoms with Crippen LogP contribution >= 0.6 is 0 Å². The maximum Gasteiger partial charge on any atom is 0.272 e. The Hall–Kier alpha value is -5.37. The average Bonchev–Trinajstić information content (AvgIpc) is 3.49. The Labute approximate surface area is 225 Å². The molecule has 2 N–H and O–H groups in total. The molecule has 0 saturated heterocycles. The molecular formula is C31H26N2O6. The number of hydrogen-bond acceptors (Lipinski definition) is 6. The van der Waals surface area contributed by atoms with E-state index < -0.39 is 11.8 Å². The van der Waals surface area contributed by atoms with Crippen LogP contribution in [0.4, 0.5) is 5.69 Å². The molecule has 4 aromatic rings. The van der Waals surface area contributed by atoms with Gasteiger partial charge in [-0.15, -0.1) is 0 Å². The summed E-state index contributed by atoms with van der Waals surface area (Å²) in [6.07, 6.45) is 6.00. The van der Waals surface area contributed by atoms with Gasteiger partial charge in [-0.25, -0.2) is 0 Å². The second-order valence-corrected chi connectivity index (χ2v) is 8.21. The van der Waals surface area contributed by atoms with Gasteiger partial charge in [0.25, 0.3) is 11.8 Å². The van der Waals surface area contributed by atoms with Gasteiger partial charge in [-0.1, -0.05) is 30.3 Å². The van der Waals surface area contributed by atoms with Crippen molar-refractivity contribution in [2.75, 3.05) is 19.5 Å². The molecule has 1 heterocycles. The summed E-state index contributed by atoms with van der Waals surface area (Å²) in [4.78, 5) is 38.5. The Kier molecular flexibility index (Phi) is 8.71. The number of carbonyl (C=O) groups excluding carboxylic acids is 3. The summed E-state index contributed by atoms with van der Waals surface area (Å²) in [5.41, 5.74) is 1.96. The molecule has 1 aromatic heterocycles. The molecule has 0 saturated carbocycles. The number of ether oxygens (including phenoxy) is 2. The van der Waals surface area contributed by atoms with Crippen LogP contribution in [0, 0.1) is 0 Å². The minimum atomic E-state index is -0.556. The van der Waals surface area contributed by atoms with Crippen molar-refractivity contribution in [2.24, 2.45) is 0 Å². The fourth-order valence-electron chi connectivity index (χ4n) is 3.68. The number of allylic oxidation sites excluding steroid dienone is 1. The third kappa shape index (κ3) is 6.90. The van der Waals surface area contributed by atoms with Crippen LogP contribution < -0.4 is 20.1 Å². The van der Waals surface area contributed by atoms with Crippen molar-refractivity contribution in [2.45, 2.75) is 0 Å². The predicted molar refractivity (Wildman–Crippen MR) is 149 cm³/mol. The quantitative estimate of drug-likeness (QED) is 0.207. The van der Waals surface area contributed by atoms with Crippen molar-refractivity contribution in [3.8, 4) is 11.5 Å². The molecule has 0 spiro atoms. The van der Waals surface area contributed by atoms with E-state index in [4.69, 9.17) is 13.9 Å². The van der Waals surface area contributed by atoms with Crippen molar-refractivity contribution >= 4 is 35.4 Å². The first-order chi connectivity index (χ1) is 19.0. The zero-order valence-electron chi connectivity index (χ0n) is 21.3. The lowest BCUT2D eigenvalue weighted by Crippen LogP contribution is -2.30. The molecule has 0 unspecified atom stereocenters. The highest BCUT2D eigenvalue weighted by Crippen LogP contribution is 2.31. The topological polar surface area (TPSA) is 107 Å². The van der Waals surface area contributed by atoms with Gasteiger partial charge in [0.05, 0.1) is 20.5 Å². The maximum atomic E-state index is 13.1. The molecular weight excluding hydrogens is 496 g/mol. The van der Waals surface area contributed by atoms with Gasteiger partial charge in [0, 0.05) is 28.5 Å². The second-order valence-electron chi connectivity index (χ2n) is 8.21. The van der Waals surface area contributed by atoms with Gasteiger partial charge in [0.15, 0.2) is 17.3 Å². The predicted octanol–water partition coefficient (Wildman–Crippen LogP) is 5.60. The van der Waals surface area contributed by atoms with Gasteiger partial charge in [0.2, 0.25) is 0 Å². The van der Waals surface area contributed by atoms with E-state index in [0.717, 1.165) is 0 Å². The number of para-hydroxylation sites is 1. The summed E-state index contributed by atoms with van der Waals surface area (Å²) in [7, 11) is 3.08. The number of furan rings is 1. The van der Waals surface area contributed by atoms with Gasteiger partial charge in [-0.05, 0) is 66.7 Å². The van der Waals surface area contributed by atoms with E-state index in [1.165, 1.54) is 25.5 Å². The van der Waals surface area contributed by atoms with Crippen LogP contribution in [-0.2, 0) is 4.79 Å². The minimum absolute atomic E-state index is 0.00544. The van der Waals surface area contributed by atoms with Gasteiger partial charge < -0.3 is 24.5 Å². The Bertz CT molecular complexity index is 1500. The number of amides is 2. The molecule has 196 valence electrons. The first-order valence-electron chi connectivity index (χ1n) is 11.9. The summed E-state index contributed by atoms with van der Waals surface area (Å²) in [5, 5.41) is 5.38. The highest BCUT2D eigenvalue weighted by atomic mass is 16.5. The molecule has 39 heavy (non-hydrogen) atoms. The fraction of sp³-hybridized carbons (Fsp3) is 0.0645. The van der Waals surface area contributed by atoms with Crippen LogP contribution in [0.1, 0.15) is 32.0 Å². The van der Waals surface area contributed by atoms with Crippen molar-refractivity contribution < 1.29 is 28.3 Å². The molecule has 0 radical (unpaired) electrons. The van der Waals surface area contributed by atoms with E-state index in [1.54, 1.807) is 92.0 Å². The lowest BCUT2D eigenvalue weighted by molar-refractivity contribution is -0.113. The van der Waals surface area contributed by atoms with Crippen LogP contribution in [0.3, 0.4) is 0 Å². The van der Waals surface area contributed by atoms with E-state index in [0.29, 0.717) is 39.6 Å². The summed E-state index contributed by atoms with van der Waals surface area (Å²) in [6, 6.07) is 23.7. The van der Waals surface area contributed by atoms with E-state index >= 15 is 0 Å². The van der Waals surface area contributed by atoms with Crippen molar-refractivity contribution in [1.29, 1.82) is 0 Å². The Morgan fingerprint density at radius 3 is 2.23 bits per heavy atom. The van der Waals surface area contributed by atoms with E-state index in [-0.39, 0.29) is 11.5 Å². The zero-order chi connectivity index (χ0) is 27.6. The Morgan fingerprint density at radius 1 is 0.795 bits per heavy atom. The van der Waals surface area contributed by atoms with Gasteiger partial charge >= 0.3 is 0 Å². The molecule has 0 aliphatic rings. The number of benzene rings is 3. The summed E-state index contributed by atoms with van der Waals surface area (Å²) >= 11 is 0. The average molecular weight is 523 g/mol. The first-order valence-corrected chi connectivity index (χ1v) is 11.9. The third-order valence-corrected chi connectivity index (χ3v) is 5.63. The van der Waals surface area contributed by atoms with Crippen LogP contribution in [-0.4, -0.2) is 31.8 Å². The van der Waals surface area contributed by atoms with Gasteiger partial charge in [0.1, 0.15) is 11.5 Å². The standard InChI is InChI=1S/C31H26N2O6/c1-37-28-12-6-10-22(29(28)38-2)15-18-27(34)21-13-16-24(17-14-21)32-31(36)26(20-25-11-7-19-39-25)33-30(35)23-8-4-3-5-9-23/h3-20H,1-2H3,(H,32,36)(H,33,35)/b18-15+,26-20-. The van der Waals surface area contributed by atoms with Crippen LogP contribution in [0.25, 0.3) is 12.2 Å². The number of nitrogens with one attached hydrogen (secondary N) is 2. The number of anilines is 1. The molecule has 0 atom stereocenters. The molecule has 2 amide bonds. The first kappa shape index (κ1) is 26.7. The monoisotopic (exact) mass is 522 g/mol. The van der Waals surface area contributed by atoms with Gasteiger partial charge in [-0.3, -0.25) is 14.4 Å². The molecule has 0 fully saturated rings. The highest BCUT2D eigenvalue weighted by Gasteiger charge is 2.16. The van der Waals surface area contributed by atoms with Crippen LogP contribution in [0.15, 0.2) is 107 Å². The van der Waals surface area contributed by atoms with Crippen molar-refractivity contribution in [1.82, 2.24) is 5.32 Å². The zero-order valence-corrected chi connectivity index (χ0v) is 21.3. The molecule has 0 aliphatic carbocycles. The van der Waals surface area contributed by atoms with E-state index in [2.05, 4.69) is 10.6 Å². The van der Waals surface area contributed by atoms with Crippen molar-refractivity contribution in [3.63, 3.8) is 0 Å². The minimum Gasteiger partial charge on any atom is -0.493 e. The van der Waals surface area contributed by atoms with E-state index in [9.17, 15) is 14.4 Å². The number of rotatable bonds is 10. The Morgan fingerprint density at radius 2 is 1.56 bits per heavy atom. The smallest absolute Gasteiger partial charge is 0.272 e. The van der Waals surface area contributed by atoms with Crippen LogP contribution in [0.5, 0.6) is 11.5 Å². The lowest BCUT2D eigenvalue weighted by Gasteiger charge is -2.11. The lowest BCUT2D eigenvalue weighted by atomic mass is 10.1. The maximum absolute atomic E-state index is 13.1. The van der Waals surface area contributed by atoms with E-state index in [1.807, 2.05) is 6.07 Å². The normalized spacial score (nSPS) is 11.2. The van der Waals surface area contributed by atoms with Crippen LogP contribution in [0.2, 0.25) is 0 Å².